The molecule has 3 aromatic rings. The lowest BCUT2D eigenvalue weighted by atomic mass is 10.2. The van der Waals surface area contributed by atoms with Gasteiger partial charge in [0.05, 0.1) is 18.3 Å². The quantitative estimate of drug-likeness (QED) is 0.718. The highest BCUT2D eigenvalue weighted by Crippen LogP contribution is 2.25. The van der Waals surface area contributed by atoms with Crippen LogP contribution in [0.1, 0.15) is 24.2 Å². The molecule has 0 radical (unpaired) electrons. The molecule has 0 amide bonds. The van der Waals surface area contributed by atoms with E-state index in [1.165, 1.54) is 16.7 Å². The minimum atomic E-state index is 0.402. The van der Waals surface area contributed by atoms with Crippen molar-refractivity contribution in [3.8, 4) is 0 Å². The van der Waals surface area contributed by atoms with Crippen LogP contribution in [0.3, 0.4) is 0 Å². The van der Waals surface area contributed by atoms with Crippen LogP contribution in [0, 0.1) is 13.8 Å². The average molecular weight is 298 g/mol. The van der Waals surface area contributed by atoms with Gasteiger partial charge in [0, 0.05) is 12.2 Å². The monoisotopic (exact) mass is 298 g/mol. The van der Waals surface area contributed by atoms with Gasteiger partial charge in [-0.2, -0.15) is 5.10 Å². The zero-order valence-electron chi connectivity index (χ0n) is 12.7. The Morgan fingerprint density at radius 3 is 2.95 bits per heavy atom. The van der Waals surface area contributed by atoms with Crippen molar-refractivity contribution in [2.45, 2.75) is 39.3 Å². The van der Waals surface area contributed by atoms with E-state index in [1.54, 1.807) is 0 Å². The molecule has 114 valence electrons. The summed E-state index contributed by atoms with van der Waals surface area (Å²) in [6.07, 6.45) is 2.31. The first kappa shape index (κ1) is 13.2. The SMILES string of the molecule is Cc1cc(C)n(C[C@H]2CCCN2c2ccc3nnnn3n2)n1. The third kappa shape index (κ3) is 2.20. The van der Waals surface area contributed by atoms with E-state index in [1.807, 2.05) is 19.1 Å². The average Bonchev–Trinajstić information content (AvgIpc) is 3.19. The lowest BCUT2D eigenvalue weighted by Crippen LogP contribution is -2.34. The summed E-state index contributed by atoms with van der Waals surface area (Å²) in [5, 5.41) is 20.5. The molecule has 0 aromatic carbocycles. The molecule has 0 unspecified atom stereocenters. The van der Waals surface area contributed by atoms with Gasteiger partial charge in [0.15, 0.2) is 11.5 Å². The molecule has 0 N–H and O–H groups in total. The minimum absolute atomic E-state index is 0.402. The summed E-state index contributed by atoms with van der Waals surface area (Å²) in [5.41, 5.74) is 2.93. The molecule has 4 rings (SSSR count). The van der Waals surface area contributed by atoms with Crippen molar-refractivity contribution >= 4 is 11.5 Å². The molecular weight excluding hydrogens is 280 g/mol. The van der Waals surface area contributed by atoms with Gasteiger partial charge in [0.25, 0.3) is 0 Å². The number of nitrogens with zero attached hydrogens (tertiary/aromatic N) is 8. The topological polar surface area (TPSA) is 77.0 Å². The van der Waals surface area contributed by atoms with Crippen molar-refractivity contribution in [1.82, 2.24) is 35.0 Å². The fourth-order valence-corrected chi connectivity index (χ4v) is 3.18. The van der Waals surface area contributed by atoms with Crippen LogP contribution in [0.15, 0.2) is 18.2 Å². The fraction of sp³-hybridized carbons (Fsp3) is 0.500. The Morgan fingerprint density at radius 1 is 1.23 bits per heavy atom. The first-order valence-electron chi connectivity index (χ1n) is 7.54. The number of aryl methyl sites for hydroxylation is 2. The minimum Gasteiger partial charge on any atom is -0.350 e. The van der Waals surface area contributed by atoms with Crippen LogP contribution >= 0.6 is 0 Å². The summed E-state index contributed by atoms with van der Waals surface area (Å²) in [5.74, 6) is 0.920. The van der Waals surface area contributed by atoms with Crippen LogP contribution in [-0.4, -0.2) is 47.6 Å². The Hall–Kier alpha value is -2.51. The lowest BCUT2D eigenvalue weighted by molar-refractivity contribution is 0.495. The number of rotatable bonds is 3. The number of hydrogen-bond acceptors (Lipinski definition) is 6. The number of tetrazole rings is 1. The van der Waals surface area contributed by atoms with E-state index in [0.717, 1.165) is 31.0 Å². The van der Waals surface area contributed by atoms with Crippen molar-refractivity contribution in [2.75, 3.05) is 11.4 Å². The molecule has 1 saturated heterocycles. The molecule has 0 bridgehead atoms. The highest BCUT2D eigenvalue weighted by molar-refractivity contribution is 5.45. The normalized spacial score (nSPS) is 18.5. The van der Waals surface area contributed by atoms with E-state index in [2.05, 4.69) is 48.3 Å². The Kier molecular flexibility index (Phi) is 3.02. The van der Waals surface area contributed by atoms with Gasteiger partial charge in [-0.15, -0.1) is 14.8 Å². The van der Waals surface area contributed by atoms with Gasteiger partial charge in [-0.05, 0) is 55.3 Å². The molecule has 8 heteroatoms. The lowest BCUT2D eigenvalue weighted by Gasteiger charge is -2.25. The van der Waals surface area contributed by atoms with Crippen LogP contribution in [0.25, 0.3) is 5.65 Å². The second-order valence-corrected chi connectivity index (χ2v) is 5.82. The second-order valence-electron chi connectivity index (χ2n) is 5.82. The maximum Gasteiger partial charge on any atom is 0.200 e. The first-order valence-corrected chi connectivity index (χ1v) is 7.54. The van der Waals surface area contributed by atoms with Gasteiger partial charge in [-0.1, -0.05) is 0 Å². The molecule has 4 heterocycles. The highest BCUT2D eigenvalue weighted by atomic mass is 15.6. The predicted octanol–water partition coefficient (Wildman–Crippen LogP) is 1.00. The second kappa shape index (κ2) is 5.04. The van der Waals surface area contributed by atoms with Gasteiger partial charge in [0.2, 0.25) is 0 Å². The van der Waals surface area contributed by atoms with Gasteiger partial charge in [-0.3, -0.25) is 4.68 Å². The van der Waals surface area contributed by atoms with Crippen LogP contribution in [-0.2, 0) is 6.54 Å². The van der Waals surface area contributed by atoms with E-state index in [0.29, 0.717) is 11.7 Å². The van der Waals surface area contributed by atoms with E-state index < -0.39 is 0 Å². The molecule has 0 saturated carbocycles. The smallest absolute Gasteiger partial charge is 0.200 e. The molecule has 1 atom stereocenters. The first-order chi connectivity index (χ1) is 10.7. The van der Waals surface area contributed by atoms with Crippen LogP contribution < -0.4 is 4.90 Å². The predicted molar refractivity (Wildman–Crippen MR) is 80.6 cm³/mol. The molecule has 22 heavy (non-hydrogen) atoms. The van der Waals surface area contributed by atoms with Gasteiger partial charge in [0.1, 0.15) is 0 Å². The van der Waals surface area contributed by atoms with Crippen molar-refractivity contribution in [3.63, 3.8) is 0 Å². The molecule has 1 fully saturated rings. The van der Waals surface area contributed by atoms with Crippen molar-refractivity contribution in [2.24, 2.45) is 0 Å². The molecule has 0 aliphatic carbocycles. The molecular formula is C14H18N8. The Labute approximate surface area is 127 Å². The highest BCUT2D eigenvalue weighted by Gasteiger charge is 2.27. The van der Waals surface area contributed by atoms with Crippen molar-refractivity contribution in [3.05, 3.63) is 29.6 Å². The maximum absolute atomic E-state index is 4.58. The summed E-state index contributed by atoms with van der Waals surface area (Å²) in [6.45, 7) is 6.02. The van der Waals surface area contributed by atoms with Crippen LogP contribution in [0.5, 0.6) is 0 Å². The largest absolute Gasteiger partial charge is 0.350 e. The number of anilines is 1. The third-order valence-corrected chi connectivity index (χ3v) is 4.21. The van der Waals surface area contributed by atoms with E-state index in [-0.39, 0.29) is 0 Å². The summed E-state index contributed by atoms with van der Waals surface area (Å²) >= 11 is 0. The molecule has 1 aliphatic rings. The van der Waals surface area contributed by atoms with Gasteiger partial charge >= 0.3 is 0 Å². The van der Waals surface area contributed by atoms with E-state index in [9.17, 15) is 0 Å². The zero-order chi connectivity index (χ0) is 15.1. The molecule has 1 aliphatic heterocycles. The number of fused-ring (bicyclic) bond motifs is 1. The summed E-state index contributed by atoms with van der Waals surface area (Å²) in [6, 6.07) is 6.41. The molecule has 8 nitrogen and oxygen atoms in total. The molecule has 3 aromatic heterocycles. The van der Waals surface area contributed by atoms with Crippen molar-refractivity contribution < 1.29 is 0 Å². The summed E-state index contributed by atoms with van der Waals surface area (Å²) < 4.78 is 3.57. The standard InChI is InChI=1S/C14H18N8/c1-10-8-11(2)21(16-10)9-12-4-3-7-20(12)14-6-5-13-15-18-19-22(13)17-14/h5-6,8,12H,3-4,7,9H2,1-2H3/t12-/m1/s1. The third-order valence-electron chi connectivity index (χ3n) is 4.21. The van der Waals surface area contributed by atoms with Crippen LogP contribution in [0.2, 0.25) is 0 Å². The van der Waals surface area contributed by atoms with E-state index in [4.69, 9.17) is 0 Å². The van der Waals surface area contributed by atoms with E-state index >= 15 is 0 Å². The molecule has 0 spiro atoms. The Morgan fingerprint density at radius 2 is 2.14 bits per heavy atom. The number of aromatic nitrogens is 7. The number of hydrogen-bond donors (Lipinski definition) is 0. The van der Waals surface area contributed by atoms with Gasteiger partial charge < -0.3 is 4.90 Å². The fourth-order valence-electron chi connectivity index (χ4n) is 3.18. The van der Waals surface area contributed by atoms with Crippen LogP contribution in [0.4, 0.5) is 5.82 Å². The van der Waals surface area contributed by atoms with Gasteiger partial charge in [-0.25, -0.2) is 0 Å². The maximum atomic E-state index is 4.58. The summed E-state index contributed by atoms with van der Waals surface area (Å²) in [4.78, 5) is 2.33. The zero-order valence-corrected chi connectivity index (χ0v) is 12.7. The summed E-state index contributed by atoms with van der Waals surface area (Å²) in [7, 11) is 0. The van der Waals surface area contributed by atoms with Crippen molar-refractivity contribution in [1.29, 1.82) is 0 Å². The Bertz CT molecular complexity index is 804. The Balaban J connectivity index is 1.61.